The van der Waals surface area contributed by atoms with Crippen LogP contribution < -0.4 is 5.32 Å². The molecule has 1 aliphatic carbocycles. The number of amides is 1. The van der Waals surface area contributed by atoms with E-state index in [0.717, 1.165) is 23.2 Å². The standard InChI is InChI=1S/C16H21NO3/c1-3-11-6-4-5-10(2)14(11)17-15(18)12-7-8-13(9-12)16(19)20/h4-6,12-13H,3,7-9H2,1-2H3,(H,17,18)(H,19,20)/t12-,13+/m1/s1. The first-order valence-corrected chi connectivity index (χ1v) is 7.15. The Morgan fingerprint density at radius 1 is 1.30 bits per heavy atom. The molecule has 108 valence electrons. The second kappa shape index (κ2) is 6.07. The Balaban J connectivity index is 2.08. The average Bonchev–Trinajstić information content (AvgIpc) is 2.91. The van der Waals surface area contributed by atoms with E-state index in [1.54, 1.807) is 0 Å². The van der Waals surface area contributed by atoms with E-state index in [9.17, 15) is 9.59 Å². The number of carbonyl (C=O) groups excluding carboxylic acids is 1. The highest BCUT2D eigenvalue weighted by atomic mass is 16.4. The molecule has 0 unspecified atom stereocenters. The fraction of sp³-hybridized carbons (Fsp3) is 0.500. The van der Waals surface area contributed by atoms with Gasteiger partial charge < -0.3 is 10.4 Å². The normalized spacial score (nSPS) is 21.7. The SMILES string of the molecule is CCc1cccc(C)c1NC(=O)[C@@H]1CC[C@H](C(=O)O)C1. The van der Waals surface area contributed by atoms with Crippen LogP contribution in [0.5, 0.6) is 0 Å². The van der Waals surface area contributed by atoms with E-state index in [1.165, 1.54) is 0 Å². The molecule has 4 heteroatoms. The number of hydrogen-bond donors (Lipinski definition) is 2. The molecule has 0 saturated heterocycles. The molecule has 0 heterocycles. The average molecular weight is 275 g/mol. The van der Waals surface area contributed by atoms with Gasteiger partial charge in [0.25, 0.3) is 0 Å². The Bertz CT molecular complexity index is 524. The van der Waals surface area contributed by atoms with Crippen molar-refractivity contribution in [2.24, 2.45) is 11.8 Å². The van der Waals surface area contributed by atoms with Crippen molar-refractivity contribution < 1.29 is 14.7 Å². The summed E-state index contributed by atoms with van der Waals surface area (Å²) in [6.45, 7) is 4.03. The molecule has 2 atom stereocenters. The summed E-state index contributed by atoms with van der Waals surface area (Å²) in [7, 11) is 0. The monoisotopic (exact) mass is 275 g/mol. The molecule has 1 aromatic carbocycles. The zero-order valence-corrected chi connectivity index (χ0v) is 12.0. The summed E-state index contributed by atoms with van der Waals surface area (Å²) in [6.07, 6.45) is 2.58. The zero-order valence-electron chi connectivity index (χ0n) is 12.0. The lowest BCUT2D eigenvalue weighted by molar-refractivity contribution is -0.141. The van der Waals surface area contributed by atoms with Crippen molar-refractivity contribution in [3.63, 3.8) is 0 Å². The third-order valence-electron chi connectivity index (χ3n) is 4.14. The van der Waals surface area contributed by atoms with Gasteiger partial charge in [0, 0.05) is 11.6 Å². The van der Waals surface area contributed by atoms with Crippen LogP contribution >= 0.6 is 0 Å². The van der Waals surface area contributed by atoms with Crippen molar-refractivity contribution in [3.8, 4) is 0 Å². The van der Waals surface area contributed by atoms with Crippen molar-refractivity contribution in [2.45, 2.75) is 39.5 Å². The number of carboxylic acid groups (broad SMARTS) is 1. The van der Waals surface area contributed by atoms with Crippen LogP contribution in [0.1, 0.15) is 37.3 Å². The predicted octanol–water partition coefficient (Wildman–Crippen LogP) is 3.00. The molecule has 0 aromatic heterocycles. The number of aryl methyl sites for hydroxylation is 2. The van der Waals surface area contributed by atoms with Gasteiger partial charge in [-0.15, -0.1) is 0 Å². The van der Waals surface area contributed by atoms with E-state index in [1.807, 2.05) is 25.1 Å². The molecule has 1 aromatic rings. The Morgan fingerprint density at radius 3 is 2.60 bits per heavy atom. The molecular formula is C16H21NO3. The summed E-state index contributed by atoms with van der Waals surface area (Å²) in [5.41, 5.74) is 3.05. The number of rotatable bonds is 4. The smallest absolute Gasteiger partial charge is 0.306 e. The minimum absolute atomic E-state index is 0.0437. The van der Waals surface area contributed by atoms with Gasteiger partial charge in [-0.3, -0.25) is 9.59 Å². The summed E-state index contributed by atoms with van der Waals surface area (Å²) in [4.78, 5) is 23.3. The molecule has 20 heavy (non-hydrogen) atoms. The molecule has 0 bridgehead atoms. The summed E-state index contributed by atoms with van der Waals surface area (Å²) in [6, 6.07) is 5.97. The van der Waals surface area contributed by atoms with E-state index in [0.29, 0.717) is 19.3 Å². The van der Waals surface area contributed by atoms with Gasteiger partial charge in [-0.05, 0) is 43.7 Å². The fourth-order valence-corrected chi connectivity index (χ4v) is 2.87. The van der Waals surface area contributed by atoms with Gasteiger partial charge in [-0.2, -0.15) is 0 Å². The van der Waals surface area contributed by atoms with Crippen LogP contribution in [0.4, 0.5) is 5.69 Å². The lowest BCUT2D eigenvalue weighted by Gasteiger charge is -2.16. The highest BCUT2D eigenvalue weighted by molar-refractivity contribution is 5.94. The second-order valence-electron chi connectivity index (χ2n) is 5.50. The molecule has 1 saturated carbocycles. The summed E-state index contributed by atoms with van der Waals surface area (Å²) in [5, 5.41) is 12.0. The number of carbonyl (C=O) groups is 2. The predicted molar refractivity (Wildman–Crippen MR) is 77.7 cm³/mol. The first-order valence-electron chi connectivity index (χ1n) is 7.15. The van der Waals surface area contributed by atoms with E-state index in [2.05, 4.69) is 12.2 Å². The van der Waals surface area contributed by atoms with Crippen LogP contribution in [-0.4, -0.2) is 17.0 Å². The molecule has 2 rings (SSSR count). The van der Waals surface area contributed by atoms with E-state index < -0.39 is 5.97 Å². The van der Waals surface area contributed by atoms with Crippen molar-refractivity contribution in [1.29, 1.82) is 0 Å². The van der Waals surface area contributed by atoms with Gasteiger partial charge in [-0.1, -0.05) is 25.1 Å². The molecule has 1 amide bonds. The number of aliphatic carboxylic acids is 1. The van der Waals surface area contributed by atoms with Crippen LogP contribution in [0, 0.1) is 18.8 Å². The third kappa shape index (κ3) is 3.00. The van der Waals surface area contributed by atoms with Crippen molar-refractivity contribution in [1.82, 2.24) is 0 Å². The Morgan fingerprint density at radius 2 is 2.00 bits per heavy atom. The number of hydrogen-bond acceptors (Lipinski definition) is 2. The third-order valence-corrected chi connectivity index (χ3v) is 4.14. The highest BCUT2D eigenvalue weighted by Gasteiger charge is 2.34. The van der Waals surface area contributed by atoms with Crippen LogP contribution in [0.15, 0.2) is 18.2 Å². The molecule has 0 spiro atoms. The van der Waals surface area contributed by atoms with Gasteiger partial charge in [0.2, 0.25) is 5.91 Å². The first kappa shape index (κ1) is 14.6. The molecule has 0 aliphatic heterocycles. The largest absolute Gasteiger partial charge is 0.481 e. The molecule has 2 N–H and O–H groups in total. The number of benzene rings is 1. The Labute approximate surface area is 119 Å². The maximum absolute atomic E-state index is 12.3. The maximum Gasteiger partial charge on any atom is 0.306 e. The zero-order chi connectivity index (χ0) is 14.7. The number of nitrogens with one attached hydrogen (secondary N) is 1. The van der Waals surface area contributed by atoms with Gasteiger partial charge in [0.1, 0.15) is 0 Å². The summed E-state index contributed by atoms with van der Waals surface area (Å²) in [5.74, 6) is -1.38. The Kier molecular flexibility index (Phi) is 4.42. The molecule has 4 nitrogen and oxygen atoms in total. The second-order valence-corrected chi connectivity index (χ2v) is 5.50. The summed E-state index contributed by atoms with van der Waals surface area (Å²) >= 11 is 0. The van der Waals surface area contributed by atoms with Crippen LogP contribution in [0.25, 0.3) is 0 Å². The molecular weight excluding hydrogens is 254 g/mol. The molecule has 1 aliphatic rings. The van der Waals surface area contributed by atoms with Crippen molar-refractivity contribution >= 4 is 17.6 Å². The van der Waals surface area contributed by atoms with Gasteiger partial charge >= 0.3 is 5.97 Å². The van der Waals surface area contributed by atoms with Gasteiger partial charge in [0.05, 0.1) is 5.92 Å². The van der Waals surface area contributed by atoms with Gasteiger partial charge in [-0.25, -0.2) is 0 Å². The lowest BCUT2D eigenvalue weighted by Crippen LogP contribution is -2.22. The number of para-hydroxylation sites is 1. The van der Waals surface area contributed by atoms with Gasteiger partial charge in [0.15, 0.2) is 0 Å². The fourth-order valence-electron chi connectivity index (χ4n) is 2.87. The van der Waals surface area contributed by atoms with E-state index in [-0.39, 0.29) is 17.7 Å². The minimum Gasteiger partial charge on any atom is -0.481 e. The van der Waals surface area contributed by atoms with Crippen LogP contribution in [-0.2, 0) is 16.0 Å². The van der Waals surface area contributed by atoms with Crippen molar-refractivity contribution in [2.75, 3.05) is 5.32 Å². The van der Waals surface area contributed by atoms with E-state index in [4.69, 9.17) is 5.11 Å². The highest BCUT2D eigenvalue weighted by Crippen LogP contribution is 2.32. The lowest BCUT2D eigenvalue weighted by atomic mass is 10.0. The van der Waals surface area contributed by atoms with Crippen LogP contribution in [0.3, 0.4) is 0 Å². The maximum atomic E-state index is 12.3. The first-order chi connectivity index (χ1) is 9.52. The number of anilines is 1. The quantitative estimate of drug-likeness (QED) is 0.887. The molecule has 1 fully saturated rings. The molecule has 0 radical (unpaired) electrons. The topological polar surface area (TPSA) is 66.4 Å². The Hall–Kier alpha value is -1.84. The van der Waals surface area contributed by atoms with Crippen molar-refractivity contribution in [3.05, 3.63) is 29.3 Å². The van der Waals surface area contributed by atoms with E-state index >= 15 is 0 Å². The number of carboxylic acids is 1. The summed E-state index contributed by atoms with van der Waals surface area (Å²) < 4.78 is 0. The minimum atomic E-state index is -0.787. The van der Waals surface area contributed by atoms with Crippen LogP contribution in [0.2, 0.25) is 0 Å².